The number of halogens is 3. The highest BCUT2D eigenvalue weighted by Gasteiger charge is 2.21. The van der Waals surface area contributed by atoms with Gasteiger partial charge in [0.1, 0.15) is 11.6 Å². The van der Waals surface area contributed by atoms with Gasteiger partial charge in [-0.2, -0.15) is 4.80 Å². The zero-order valence-electron chi connectivity index (χ0n) is 16.6. The van der Waals surface area contributed by atoms with E-state index in [0.717, 1.165) is 16.9 Å². The Kier molecular flexibility index (Phi) is 6.39. The number of nitrogens with one attached hydrogen (secondary N) is 3. The van der Waals surface area contributed by atoms with Crippen molar-refractivity contribution in [2.24, 2.45) is 7.05 Å². The second-order valence-corrected chi connectivity index (χ2v) is 6.94. The molecule has 1 unspecified atom stereocenters. The molecule has 0 aliphatic rings. The average Bonchev–Trinajstić information content (AvgIpc) is 3.11. The predicted molar refractivity (Wildman–Crippen MR) is 106 cm³/mol. The Labute approximate surface area is 180 Å². The number of urea groups is 1. The molecule has 0 saturated carbocycles. The van der Waals surface area contributed by atoms with E-state index >= 15 is 0 Å². The molecule has 0 aliphatic heterocycles. The van der Waals surface area contributed by atoms with Crippen LogP contribution in [0.1, 0.15) is 25.6 Å². The van der Waals surface area contributed by atoms with Gasteiger partial charge in [0.05, 0.1) is 24.3 Å². The van der Waals surface area contributed by atoms with Gasteiger partial charge in [0.15, 0.2) is 0 Å². The zero-order valence-corrected chi connectivity index (χ0v) is 17.3. The Bertz CT molecular complexity index is 1150. The summed E-state index contributed by atoms with van der Waals surface area (Å²) >= 11 is 6.00. The molecule has 1 aromatic carbocycles. The molecule has 0 bridgehead atoms. The van der Waals surface area contributed by atoms with Crippen LogP contribution in [0, 0.1) is 11.6 Å². The normalized spacial score (nSPS) is 11.7. The Morgan fingerprint density at radius 1 is 1.16 bits per heavy atom. The van der Waals surface area contributed by atoms with E-state index in [1.165, 1.54) is 33.2 Å². The minimum Gasteiger partial charge on any atom is -0.329 e. The molecule has 13 heteroatoms. The molecule has 2 aromatic heterocycles. The van der Waals surface area contributed by atoms with Gasteiger partial charge in [0, 0.05) is 23.7 Å². The van der Waals surface area contributed by atoms with Crippen molar-refractivity contribution >= 4 is 23.5 Å². The number of benzene rings is 1. The molecule has 10 nitrogen and oxygen atoms in total. The lowest BCUT2D eigenvalue weighted by molar-refractivity contribution is -0.119. The summed E-state index contributed by atoms with van der Waals surface area (Å²) < 4.78 is 29.5. The lowest BCUT2D eigenvalue weighted by Gasteiger charge is -2.16. The second-order valence-electron chi connectivity index (χ2n) is 6.51. The number of hydrogen-bond donors (Lipinski definition) is 3. The summed E-state index contributed by atoms with van der Waals surface area (Å²) in [5, 5.41) is 14.0. The summed E-state index contributed by atoms with van der Waals surface area (Å²) in [6.45, 7) is 2.72. The number of pyridine rings is 1. The molecule has 3 aromatic rings. The fourth-order valence-corrected chi connectivity index (χ4v) is 2.98. The molecule has 162 valence electrons. The van der Waals surface area contributed by atoms with Gasteiger partial charge in [-0.1, -0.05) is 11.6 Å². The summed E-state index contributed by atoms with van der Waals surface area (Å²) in [4.78, 5) is 27.8. The van der Waals surface area contributed by atoms with Crippen molar-refractivity contribution < 1.29 is 18.4 Å². The number of carbonyl (C=O) groups excluding carboxylic acids is 2. The highest BCUT2D eigenvalue weighted by molar-refractivity contribution is 6.31. The number of hydrogen-bond acceptors (Lipinski definition) is 6. The smallest absolute Gasteiger partial charge is 0.329 e. The maximum atomic E-state index is 14.8. The van der Waals surface area contributed by atoms with Crippen molar-refractivity contribution in [2.75, 3.05) is 0 Å². The van der Waals surface area contributed by atoms with E-state index in [2.05, 4.69) is 36.6 Å². The number of aryl methyl sites for hydroxylation is 1. The average molecular weight is 451 g/mol. The first-order valence-corrected chi connectivity index (χ1v) is 9.25. The summed E-state index contributed by atoms with van der Waals surface area (Å²) in [6, 6.07) is 2.08. The fraction of sp³-hybridized carbons (Fsp3) is 0.222. The van der Waals surface area contributed by atoms with Gasteiger partial charge in [0.2, 0.25) is 11.7 Å². The molecule has 3 amide bonds. The van der Waals surface area contributed by atoms with Crippen molar-refractivity contribution in [3.05, 3.63) is 46.7 Å². The molecule has 1 atom stereocenters. The summed E-state index contributed by atoms with van der Waals surface area (Å²) in [5.74, 6) is -1.92. The lowest BCUT2D eigenvalue weighted by atomic mass is 9.99. The predicted octanol–water partition coefficient (Wildman–Crippen LogP) is 2.28. The maximum absolute atomic E-state index is 14.8. The molecule has 31 heavy (non-hydrogen) atoms. The molecule has 0 radical (unpaired) electrons. The van der Waals surface area contributed by atoms with E-state index in [1.54, 1.807) is 0 Å². The van der Waals surface area contributed by atoms with Crippen LogP contribution in [-0.4, -0.2) is 37.1 Å². The number of tetrazole rings is 1. The molecular formula is C18H17ClF2N8O2. The van der Waals surface area contributed by atoms with Gasteiger partial charge in [0.25, 0.3) is 0 Å². The number of amides is 3. The minimum atomic E-state index is -0.833. The van der Waals surface area contributed by atoms with Crippen molar-refractivity contribution in [1.82, 2.24) is 41.4 Å². The Morgan fingerprint density at radius 2 is 1.90 bits per heavy atom. The van der Waals surface area contributed by atoms with Crippen LogP contribution in [0.4, 0.5) is 13.6 Å². The minimum absolute atomic E-state index is 0.000767. The largest absolute Gasteiger partial charge is 0.334 e. The summed E-state index contributed by atoms with van der Waals surface area (Å²) in [7, 11) is 1.52. The zero-order chi connectivity index (χ0) is 22.7. The third-order valence-corrected chi connectivity index (χ3v) is 4.30. The highest BCUT2D eigenvalue weighted by atomic mass is 35.5. The lowest BCUT2D eigenvalue weighted by Crippen LogP contribution is -2.46. The van der Waals surface area contributed by atoms with E-state index in [-0.39, 0.29) is 33.2 Å². The third-order valence-electron chi connectivity index (χ3n) is 4.08. The van der Waals surface area contributed by atoms with Crippen molar-refractivity contribution in [3.63, 3.8) is 0 Å². The van der Waals surface area contributed by atoms with E-state index < -0.39 is 29.6 Å². The van der Waals surface area contributed by atoms with E-state index in [9.17, 15) is 18.4 Å². The van der Waals surface area contributed by atoms with Gasteiger partial charge in [-0.15, -0.1) is 10.2 Å². The molecule has 0 fully saturated rings. The van der Waals surface area contributed by atoms with Crippen molar-refractivity contribution in [2.45, 2.75) is 19.9 Å². The van der Waals surface area contributed by atoms with Gasteiger partial charge in [-0.05, 0) is 35.9 Å². The molecule has 3 N–H and O–H groups in total. The first kappa shape index (κ1) is 22.0. The van der Waals surface area contributed by atoms with Crippen LogP contribution in [-0.2, 0) is 11.8 Å². The Morgan fingerprint density at radius 3 is 2.52 bits per heavy atom. The Balaban J connectivity index is 1.93. The molecule has 0 saturated heterocycles. The van der Waals surface area contributed by atoms with Crippen LogP contribution in [0.25, 0.3) is 22.5 Å². The van der Waals surface area contributed by atoms with E-state index in [4.69, 9.17) is 11.6 Å². The molecule has 3 rings (SSSR count). The number of rotatable bonds is 4. The molecule has 0 aliphatic carbocycles. The fourth-order valence-electron chi connectivity index (χ4n) is 2.77. The number of nitrogens with zero attached hydrogens (tertiary/aromatic N) is 5. The van der Waals surface area contributed by atoms with Crippen molar-refractivity contribution in [1.29, 1.82) is 0 Å². The first-order valence-electron chi connectivity index (χ1n) is 8.88. The molecule has 0 spiro atoms. The van der Waals surface area contributed by atoms with Crippen molar-refractivity contribution in [3.8, 4) is 22.5 Å². The second kappa shape index (κ2) is 9.00. The third kappa shape index (κ3) is 5.09. The van der Waals surface area contributed by atoms with E-state index in [0.29, 0.717) is 0 Å². The number of aromatic nitrogens is 5. The SMILES string of the molecule is CC(=O)NNC(=O)NC(C)c1ncc(-c2cc(Cl)cc(F)c2-c2nnn(C)n2)cc1F. The summed E-state index contributed by atoms with van der Waals surface area (Å²) in [5.41, 5.74) is 4.57. The van der Waals surface area contributed by atoms with Crippen LogP contribution >= 0.6 is 11.6 Å². The Hall–Kier alpha value is -3.67. The highest BCUT2D eigenvalue weighted by Crippen LogP contribution is 2.35. The standard InChI is InChI=1S/C18H17ClF2N8O2/c1-8(23-18(31)26-24-9(2)30)16-14(21)4-10(7-22-16)12-5-11(19)6-13(20)15(12)17-25-28-29(3)27-17/h4-8H,1-3H3,(H,24,30)(H2,23,26,31). The number of carbonyl (C=O) groups is 2. The van der Waals surface area contributed by atoms with Gasteiger partial charge in [-0.25, -0.2) is 19.0 Å². The molecule has 2 heterocycles. The van der Waals surface area contributed by atoms with Crippen LogP contribution in [0.3, 0.4) is 0 Å². The topological polar surface area (TPSA) is 127 Å². The van der Waals surface area contributed by atoms with Crippen LogP contribution in [0.2, 0.25) is 5.02 Å². The molecular weight excluding hydrogens is 434 g/mol. The summed E-state index contributed by atoms with van der Waals surface area (Å²) in [6.07, 6.45) is 1.31. The van der Waals surface area contributed by atoms with Crippen LogP contribution in [0.15, 0.2) is 24.4 Å². The maximum Gasteiger partial charge on any atom is 0.334 e. The number of hydrazine groups is 1. The van der Waals surface area contributed by atoms with Gasteiger partial charge in [-0.3, -0.25) is 15.2 Å². The first-order chi connectivity index (χ1) is 14.7. The quantitative estimate of drug-likeness (QED) is 0.523. The monoisotopic (exact) mass is 450 g/mol. The van der Waals surface area contributed by atoms with Crippen LogP contribution in [0.5, 0.6) is 0 Å². The van der Waals surface area contributed by atoms with Crippen LogP contribution < -0.4 is 16.2 Å². The van der Waals surface area contributed by atoms with Gasteiger partial charge >= 0.3 is 6.03 Å². The van der Waals surface area contributed by atoms with Gasteiger partial charge < -0.3 is 5.32 Å². The van der Waals surface area contributed by atoms with E-state index in [1.807, 2.05) is 0 Å².